The lowest BCUT2D eigenvalue weighted by Crippen LogP contribution is -2.34. The van der Waals surface area contributed by atoms with E-state index in [1.54, 1.807) is 27.9 Å². The Morgan fingerprint density at radius 3 is 1.43 bits per heavy atom. The molecule has 0 N–H and O–H groups in total. The van der Waals surface area contributed by atoms with Crippen LogP contribution >= 0.6 is 0 Å². The number of carbonyl (C=O) groups excluding carboxylic acids is 6. The van der Waals surface area contributed by atoms with E-state index in [0.717, 1.165) is 31.8 Å². The van der Waals surface area contributed by atoms with Gasteiger partial charge in [-0.15, -0.1) is 0 Å². The predicted octanol–water partition coefficient (Wildman–Crippen LogP) is 2.87. The van der Waals surface area contributed by atoms with Gasteiger partial charge in [0.25, 0.3) is 0 Å². The van der Waals surface area contributed by atoms with Gasteiger partial charge in [-0.2, -0.15) is 0 Å². The van der Waals surface area contributed by atoms with Crippen molar-refractivity contribution in [3.05, 3.63) is 49.1 Å². The Morgan fingerprint density at radius 1 is 0.714 bits per heavy atom. The van der Waals surface area contributed by atoms with E-state index in [1.807, 2.05) is 0 Å². The average Bonchev–Trinajstić information content (AvgIpc) is 3.20. The predicted molar refractivity (Wildman–Crippen MR) is 153 cm³/mol. The van der Waals surface area contributed by atoms with E-state index < -0.39 is 17.9 Å². The molecule has 2 atom stereocenters. The maximum absolute atomic E-state index is 12.0. The number of esters is 4. The Labute approximate surface area is 247 Å². The van der Waals surface area contributed by atoms with Gasteiger partial charge < -0.3 is 23.7 Å². The monoisotopic (exact) mass is 593 g/mol. The minimum Gasteiger partial charge on any atom is -0.461 e. The molecule has 0 aromatic carbocycles. The molecule has 1 saturated carbocycles. The second-order valence-corrected chi connectivity index (χ2v) is 9.44. The van der Waals surface area contributed by atoms with Crippen LogP contribution in [0.3, 0.4) is 0 Å². The van der Waals surface area contributed by atoms with Crippen molar-refractivity contribution in [3.63, 3.8) is 0 Å². The molecule has 0 spiro atoms. The molecule has 1 aliphatic heterocycles. The molecule has 12 nitrogen and oxygen atoms in total. The summed E-state index contributed by atoms with van der Waals surface area (Å²) in [5.74, 6) is -2.35. The van der Waals surface area contributed by atoms with Crippen LogP contribution in [0.5, 0.6) is 0 Å². The zero-order valence-corrected chi connectivity index (χ0v) is 25.1. The largest absolute Gasteiger partial charge is 0.461 e. The highest BCUT2D eigenvalue weighted by Gasteiger charge is 2.47. The number of methoxy groups -OCH3 is 1. The van der Waals surface area contributed by atoms with Crippen molar-refractivity contribution in [1.29, 1.82) is 0 Å². The Kier molecular flexibility index (Phi) is 18.8. The summed E-state index contributed by atoms with van der Waals surface area (Å²) in [6.07, 6.45) is 4.70. The minimum absolute atomic E-state index is 0.0325. The molecule has 2 rings (SSSR count). The van der Waals surface area contributed by atoms with Gasteiger partial charge in [0.2, 0.25) is 11.8 Å². The van der Waals surface area contributed by atoms with Gasteiger partial charge in [-0.05, 0) is 33.6 Å². The van der Waals surface area contributed by atoms with Crippen LogP contribution in [0.15, 0.2) is 49.1 Å². The number of likely N-dealkylation sites (tertiary alicyclic amines) is 1. The highest BCUT2D eigenvalue weighted by atomic mass is 16.6. The second-order valence-electron chi connectivity index (χ2n) is 9.44. The number of fused-ring (bicyclic) bond motifs is 1. The van der Waals surface area contributed by atoms with Gasteiger partial charge in [-0.25, -0.2) is 19.2 Å². The van der Waals surface area contributed by atoms with E-state index >= 15 is 0 Å². The van der Waals surface area contributed by atoms with E-state index in [0.29, 0.717) is 29.9 Å². The van der Waals surface area contributed by atoms with Gasteiger partial charge in [0.1, 0.15) is 26.4 Å². The summed E-state index contributed by atoms with van der Waals surface area (Å²) in [5, 5.41) is 0. The minimum atomic E-state index is -0.536. The zero-order valence-electron chi connectivity index (χ0n) is 25.1. The molecule has 0 aromatic rings. The Morgan fingerprint density at radius 2 is 1.10 bits per heavy atom. The molecule has 42 heavy (non-hydrogen) atoms. The van der Waals surface area contributed by atoms with E-state index in [-0.39, 0.29) is 56.0 Å². The highest BCUT2D eigenvalue weighted by molar-refractivity contribution is 6.05. The van der Waals surface area contributed by atoms with E-state index in [4.69, 9.17) is 4.74 Å². The number of carbonyl (C=O) groups is 6. The van der Waals surface area contributed by atoms with Crippen molar-refractivity contribution in [2.45, 2.75) is 46.5 Å². The van der Waals surface area contributed by atoms with Crippen molar-refractivity contribution in [1.82, 2.24) is 4.90 Å². The van der Waals surface area contributed by atoms with Gasteiger partial charge >= 0.3 is 23.9 Å². The van der Waals surface area contributed by atoms with Crippen LogP contribution < -0.4 is 0 Å². The molecule has 2 amide bonds. The average molecular weight is 594 g/mol. The first-order chi connectivity index (χ1) is 19.8. The molecule has 1 aliphatic carbocycles. The fraction of sp³-hybridized carbons (Fsp3) is 0.533. The van der Waals surface area contributed by atoms with Crippen molar-refractivity contribution in [2.24, 2.45) is 11.8 Å². The zero-order chi connectivity index (χ0) is 32.2. The lowest BCUT2D eigenvalue weighted by molar-refractivity contribution is -0.147. The van der Waals surface area contributed by atoms with Crippen LogP contribution in [0.4, 0.5) is 0 Å². The van der Waals surface area contributed by atoms with Crippen LogP contribution in [0.1, 0.15) is 46.5 Å². The Hall–Kier alpha value is -4.06. The van der Waals surface area contributed by atoms with Crippen LogP contribution in [0.25, 0.3) is 0 Å². The number of hydrogen-bond acceptors (Lipinski definition) is 11. The van der Waals surface area contributed by atoms with Crippen molar-refractivity contribution < 1.29 is 52.5 Å². The highest BCUT2D eigenvalue weighted by Crippen LogP contribution is 2.37. The lowest BCUT2D eigenvalue weighted by Gasteiger charge is -2.19. The van der Waals surface area contributed by atoms with Crippen LogP contribution in [0.2, 0.25) is 0 Å². The quantitative estimate of drug-likeness (QED) is 0.102. The summed E-state index contributed by atoms with van der Waals surface area (Å²) in [7, 11) is 1.55. The van der Waals surface area contributed by atoms with Crippen LogP contribution in [-0.4, -0.2) is 87.3 Å². The SMILES string of the molecule is C=C(C)C(=O)OCCOC.C=C(C)C(=O)OCCOC(=O)C(=C)C.C=CC(=O)OCCN1C(=O)C2CCCCC2C1=O. The molecular weight excluding hydrogens is 550 g/mol. The molecule has 1 saturated heterocycles. The molecule has 2 unspecified atom stereocenters. The van der Waals surface area contributed by atoms with Crippen molar-refractivity contribution in [2.75, 3.05) is 46.7 Å². The molecule has 0 aromatic heterocycles. The van der Waals surface area contributed by atoms with Gasteiger partial charge in [0.05, 0.1) is 25.0 Å². The summed E-state index contributed by atoms with van der Waals surface area (Å²) in [4.78, 5) is 68.5. The number of imide groups is 1. The lowest BCUT2D eigenvalue weighted by atomic mass is 9.81. The van der Waals surface area contributed by atoms with Gasteiger partial charge in [0.15, 0.2) is 0 Å². The summed E-state index contributed by atoms with van der Waals surface area (Å²) < 4.78 is 23.5. The fourth-order valence-electron chi connectivity index (χ4n) is 3.60. The van der Waals surface area contributed by atoms with Crippen LogP contribution in [-0.2, 0) is 52.5 Å². The molecule has 1 heterocycles. The normalized spacial score (nSPS) is 16.7. The molecule has 2 aliphatic rings. The first-order valence-corrected chi connectivity index (χ1v) is 13.4. The van der Waals surface area contributed by atoms with Gasteiger partial charge in [-0.3, -0.25) is 14.5 Å². The number of ether oxygens (including phenoxy) is 5. The maximum Gasteiger partial charge on any atom is 0.333 e. The first kappa shape index (κ1) is 37.9. The molecule has 0 bridgehead atoms. The molecule has 12 heteroatoms. The number of hydrogen-bond donors (Lipinski definition) is 0. The smallest absolute Gasteiger partial charge is 0.333 e. The summed E-state index contributed by atoms with van der Waals surface area (Å²) in [5.41, 5.74) is 1.04. The Balaban J connectivity index is 0.000000630. The summed E-state index contributed by atoms with van der Waals surface area (Å²) in [6.45, 7) is 19.2. The summed E-state index contributed by atoms with van der Waals surface area (Å²) >= 11 is 0. The van der Waals surface area contributed by atoms with E-state index in [1.165, 1.54) is 4.90 Å². The first-order valence-electron chi connectivity index (χ1n) is 13.4. The third-order valence-electron chi connectivity index (χ3n) is 5.77. The van der Waals surface area contributed by atoms with Crippen molar-refractivity contribution >= 4 is 35.7 Å². The molecule has 0 radical (unpaired) electrons. The summed E-state index contributed by atoms with van der Waals surface area (Å²) in [6, 6.07) is 0. The Bertz CT molecular complexity index is 978. The number of amides is 2. The standard InChI is InChI=1S/C13H17NO4.C10H14O4.C7H12O3/c1-2-11(15)18-8-7-14-12(16)9-5-3-4-6-10(9)13(14)17;1-7(2)9(11)13-5-6-14-10(12)8(3)4;1-6(2)7(8)10-5-4-9-3/h2,9-10H,1,3-8H2;1,3,5-6H2,2,4H3;1,4-5H2,2-3H3. The third-order valence-corrected chi connectivity index (χ3v) is 5.77. The second kappa shape index (κ2) is 20.8. The van der Waals surface area contributed by atoms with E-state index in [2.05, 4.69) is 45.3 Å². The third kappa shape index (κ3) is 14.5. The topological polar surface area (TPSA) is 152 Å². The van der Waals surface area contributed by atoms with Crippen molar-refractivity contribution in [3.8, 4) is 0 Å². The fourth-order valence-corrected chi connectivity index (χ4v) is 3.60. The van der Waals surface area contributed by atoms with Crippen LogP contribution in [0, 0.1) is 11.8 Å². The molecule has 234 valence electrons. The van der Waals surface area contributed by atoms with Gasteiger partial charge in [-0.1, -0.05) is 39.2 Å². The van der Waals surface area contributed by atoms with E-state index in [9.17, 15) is 28.8 Å². The number of nitrogens with zero attached hydrogens (tertiary/aromatic N) is 1. The molecule has 2 fully saturated rings. The van der Waals surface area contributed by atoms with Gasteiger partial charge in [0, 0.05) is 29.9 Å². The molecular formula is C30H43NO11. The maximum atomic E-state index is 12.0. The number of rotatable bonds is 13.